The Morgan fingerprint density at radius 2 is 2.12 bits per heavy atom. The molecule has 0 unspecified atom stereocenters. The lowest BCUT2D eigenvalue weighted by molar-refractivity contribution is 0.103. The summed E-state index contributed by atoms with van der Waals surface area (Å²) in [5, 5.41) is 4.68. The van der Waals surface area contributed by atoms with Crippen molar-refractivity contribution >= 4 is 55.5 Å². The van der Waals surface area contributed by atoms with Crippen molar-refractivity contribution in [1.82, 2.24) is 14.5 Å². The lowest BCUT2D eigenvalue weighted by Gasteiger charge is -2.08. The number of anilines is 1. The summed E-state index contributed by atoms with van der Waals surface area (Å²) in [6.45, 7) is 2.52. The molecule has 0 atom stereocenters. The Bertz CT molecular complexity index is 1390. The highest BCUT2D eigenvalue weighted by Gasteiger charge is 2.22. The predicted molar refractivity (Wildman–Crippen MR) is 130 cm³/mol. The Labute approximate surface area is 197 Å². The van der Waals surface area contributed by atoms with Crippen molar-refractivity contribution in [2.45, 2.75) is 45.6 Å². The topological polar surface area (TPSA) is 76.9 Å². The molecule has 1 aromatic carbocycles. The van der Waals surface area contributed by atoms with Crippen LogP contribution in [0.2, 0.25) is 5.02 Å². The van der Waals surface area contributed by atoms with Gasteiger partial charge in [-0.25, -0.2) is 9.97 Å². The maximum atomic E-state index is 13.1. The molecule has 3 aromatic heterocycles. The Morgan fingerprint density at radius 1 is 1.25 bits per heavy atom. The van der Waals surface area contributed by atoms with Crippen molar-refractivity contribution in [3.05, 3.63) is 72.5 Å². The minimum atomic E-state index is -0.256. The molecular formula is C23H21ClN4O2S2. The van der Waals surface area contributed by atoms with Crippen molar-refractivity contribution in [3.63, 3.8) is 0 Å². The third-order valence-corrected chi connectivity index (χ3v) is 7.99. The number of hydrogen-bond acceptors (Lipinski definition) is 6. The average molecular weight is 485 g/mol. The van der Waals surface area contributed by atoms with E-state index in [1.165, 1.54) is 22.7 Å². The van der Waals surface area contributed by atoms with Crippen LogP contribution in [0, 0.1) is 6.92 Å². The van der Waals surface area contributed by atoms with Crippen LogP contribution in [0.1, 0.15) is 50.8 Å². The fraction of sp³-hybridized carbons (Fsp3) is 0.304. The number of rotatable bonds is 4. The van der Waals surface area contributed by atoms with E-state index >= 15 is 0 Å². The number of nitrogens with one attached hydrogen (secondary N) is 1. The van der Waals surface area contributed by atoms with Gasteiger partial charge in [0.15, 0.2) is 5.13 Å². The van der Waals surface area contributed by atoms with Gasteiger partial charge < -0.3 is 0 Å². The standard InChI is InChI=1S/C23H21ClN4O2S2/c1-13-18-21(26-17-8-3-2-4-9-28(17)22(18)30)32-19(13)20(29)27-23-25-12-16(31-23)11-14-6-5-7-15(24)10-14/h5-7,10,12H,2-4,8-9,11H2,1H3,(H,25,27,29). The average Bonchev–Trinajstić information content (AvgIpc) is 3.23. The Balaban J connectivity index is 1.40. The van der Waals surface area contributed by atoms with E-state index in [9.17, 15) is 9.59 Å². The molecule has 4 aromatic rings. The third kappa shape index (κ3) is 4.10. The molecule has 164 valence electrons. The maximum absolute atomic E-state index is 13.1. The smallest absolute Gasteiger partial charge is 0.267 e. The monoisotopic (exact) mass is 484 g/mol. The zero-order valence-corrected chi connectivity index (χ0v) is 19.9. The molecule has 0 aliphatic carbocycles. The van der Waals surface area contributed by atoms with E-state index in [1.807, 2.05) is 31.2 Å². The molecule has 32 heavy (non-hydrogen) atoms. The number of nitrogens with zero attached hydrogens (tertiary/aromatic N) is 3. The minimum Gasteiger partial charge on any atom is -0.297 e. The van der Waals surface area contributed by atoms with Crippen molar-refractivity contribution in [2.75, 3.05) is 5.32 Å². The summed E-state index contributed by atoms with van der Waals surface area (Å²) in [6, 6.07) is 7.70. The highest BCUT2D eigenvalue weighted by atomic mass is 35.5. The van der Waals surface area contributed by atoms with Crippen molar-refractivity contribution in [2.24, 2.45) is 0 Å². The fourth-order valence-electron chi connectivity index (χ4n) is 4.08. The van der Waals surface area contributed by atoms with Gasteiger partial charge in [-0.2, -0.15) is 0 Å². The van der Waals surface area contributed by atoms with Crippen LogP contribution in [0.4, 0.5) is 5.13 Å². The second-order valence-corrected chi connectivity index (χ2v) is 10.5. The molecule has 1 amide bonds. The van der Waals surface area contributed by atoms with Gasteiger partial charge in [-0.15, -0.1) is 22.7 Å². The number of aromatic nitrogens is 3. The summed E-state index contributed by atoms with van der Waals surface area (Å²) in [5.74, 6) is 0.576. The maximum Gasteiger partial charge on any atom is 0.267 e. The molecule has 1 aliphatic heterocycles. The molecule has 0 bridgehead atoms. The molecule has 1 aliphatic rings. The minimum absolute atomic E-state index is 0.0299. The first-order valence-corrected chi connectivity index (χ1v) is 12.5. The lowest BCUT2D eigenvalue weighted by atomic mass is 10.1. The number of benzene rings is 1. The van der Waals surface area contributed by atoms with Crippen LogP contribution in [0.5, 0.6) is 0 Å². The number of halogens is 1. The summed E-state index contributed by atoms with van der Waals surface area (Å²) < 4.78 is 1.79. The molecule has 0 saturated carbocycles. The number of thiazole rings is 1. The van der Waals surface area contributed by atoms with E-state index in [0.29, 0.717) is 43.8 Å². The van der Waals surface area contributed by atoms with Crippen molar-refractivity contribution in [3.8, 4) is 0 Å². The van der Waals surface area contributed by atoms with Gasteiger partial charge in [0.2, 0.25) is 0 Å². The number of thiophene rings is 1. The molecule has 5 rings (SSSR count). The normalized spacial score (nSPS) is 13.7. The molecule has 1 N–H and O–H groups in total. The van der Waals surface area contributed by atoms with Crippen LogP contribution in [0.15, 0.2) is 35.3 Å². The summed E-state index contributed by atoms with van der Waals surface area (Å²) in [6.07, 6.45) is 6.40. The van der Waals surface area contributed by atoms with E-state index in [0.717, 1.165) is 41.9 Å². The van der Waals surface area contributed by atoms with Gasteiger partial charge in [0, 0.05) is 35.5 Å². The quantitative estimate of drug-likeness (QED) is 0.418. The van der Waals surface area contributed by atoms with Gasteiger partial charge in [0.25, 0.3) is 11.5 Å². The molecule has 4 heterocycles. The van der Waals surface area contributed by atoms with Gasteiger partial charge in [0.1, 0.15) is 10.7 Å². The second kappa shape index (κ2) is 8.77. The molecule has 0 radical (unpaired) electrons. The van der Waals surface area contributed by atoms with Gasteiger partial charge in [-0.1, -0.05) is 30.2 Å². The highest BCUT2D eigenvalue weighted by molar-refractivity contribution is 7.21. The summed E-state index contributed by atoms with van der Waals surface area (Å²) in [5.41, 5.74) is 1.75. The first-order valence-electron chi connectivity index (χ1n) is 10.5. The molecule has 0 saturated heterocycles. The van der Waals surface area contributed by atoms with E-state index in [2.05, 4.69) is 10.3 Å². The molecule has 9 heteroatoms. The zero-order chi connectivity index (χ0) is 22.2. The molecule has 0 fully saturated rings. The predicted octanol–water partition coefficient (Wildman–Crippen LogP) is 5.45. The summed E-state index contributed by atoms with van der Waals surface area (Å²) in [7, 11) is 0. The van der Waals surface area contributed by atoms with E-state index in [-0.39, 0.29) is 11.5 Å². The Hall–Kier alpha value is -2.55. The fourth-order valence-corrected chi connectivity index (χ4v) is 6.22. The Morgan fingerprint density at radius 3 is 2.97 bits per heavy atom. The number of amides is 1. The third-order valence-electron chi connectivity index (χ3n) is 5.66. The van der Waals surface area contributed by atoms with Gasteiger partial charge in [-0.05, 0) is 43.0 Å². The van der Waals surface area contributed by atoms with Crippen LogP contribution >= 0.6 is 34.3 Å². The zero-order valence-electron chi connectivity index (χ0n) is 17.5. The van der Waals surface area contributed by atoms with Crippen LogP contribution in [0.3, 0.4) is 0 Å². The highest BCUT2D eigenvalue weighted by Crippen LogP contribution is 2.30. The van der Waals surface area contributed by atoms with Crippen molar-refractivity contribution < 1.29 is 4.79 Å². The largest absolute Gasteiger partial charge is 0.297 e. The van der Waals surface area contributed by atoms with Crippen LogP contribution in [-0.2, 0) is 19.4 Å². The van der Waals surface area contributed by atoms with Gasteiger partial charge in [0.05, 0.1) is 10.3 Å². The number of aryl methyl sites for hydroxylation is 2. The first-order chi connectivity index (χ1) is 15.5. The molecule has 0 spiro atoms. The SMILES string of the molecule is Cc1c(C(=O)Nc2ncc(Cc3cccc(Cl)c3)s2)sc2nc3n(c(=O)c12)CCCCC3. The number of carbonyl (C=O) groups is 1. The number of hydrogen-bond donors (Lipinski definition) is 1. The number of fused-ring (bicyclic) bond motifs is 2. The summed E-state index contributed by atoms with van der Waals surface area (Å²) >= 11 is 8.78. The van der Waals surface area contributed by atoms with E-state index < -0.39 is 0 Å². The van der Waals surface area contributed by atoms with Crippen molar-refractivity contribution in [1.29, 1.82) is 0 Å². The van der Waals surface area contributed by atoms with E-state index in [4.69, 9.17) is 16.6 Å². The number of carbonyl (C=O) groups excluding carboxylic acids is 1. The van der Waals surface area contributed by atoms with Gasteiger partial charge >= 0.3 is 0 Å². The molecular weight excluding hydrogens is 464 g/mol. The van der Waals surface area contributed by atoms with Crippen LogP contribution in [-0.4, -0.2) is 20.4 Å². The first kappa shape index (κ1) is 21.3. The summed E-state index contributed by atoms with van der Waals surface area (Å²) in [4.78, 5) is 37.4. The second-order valence-electron chi connectivity index (χ2n) is 7.92. The van der Waals surface area contributed by atoms with E-state index in [1.54, 1.807) is 10.8 Å². The van der Waals surface area contributed by atoms with Gasteiger partial charge in [-0.3, -0.25) is 19.5 Å². The van der Waals surface area contributed by atoms with Crippen LogP contribution < -0.4 is 10.9 Å². The molecule has 6 nitrogen and oxygen atoms in total. The van der Waals surface area contributed by atoms with Crippen LogP contribution in [0.25, 0.3) is 10.2 Å². The Kier molecular flexibility index (Phi) is 5.84. The lowest BCUT2D eigenvalue weighted by Crippen LogP contribution is -2.24.